The lowest BCUT2D eigenvalue weighted by atomic mass is 10.0. The summed E-state index contributed by atoms with van der Waals surface area (Å²) in [6.07, 6.45) is 0.941. The Morgan fingerprint density at radius 3 is 2.65 bits per heavy atom. The van der Waals surface area contributed by atoms with Crippen molar-refractivity contribution in [2.75, 3.05) is 12.9 Å². The van der Waals surface area contributed by atoms with Gasteiger partial charge in [-0.25, -0.2) is 22.6 Å². The largest absolute Gasteiger partial charge is 0.457 e. The number of sulfone groups is 1. The van der Waals surface area contributed by atoms with Gasteiger partial charge >= 0.3 is 5.97 Å². The second-order valence-corrected chi connectivity index (χ2v) is 7.98. The summed E-state index contributed by atoms with van der Waals surface area (Å²) in [5.74, 6) is -1.37. The molecule has 5 nitrogen and oxygen atoms in total. The van der Waals surface area contributed by atoms with E-state index in [-0.39, 0.29) is 11.5 Å². The number of esters is 1. The third kappa shape index (κ3) is 2.91. The summed E-state index contributed by atoms with van der Waals surface area (Å²) in [4.78, 5) is 15.9. The Kier molecular flexibility index (Phi) is 3.81. The molecule has 0 radical (unpaired) electrons. The molecule has 0 spiro atoms. The SMILES string of the molecule is Cc1csc(C2=C(c3ccc(S(C)(=O)=O)c(F)c3)COC2=O)n1. The molecule has 1 aliphatic rings. The number of cyclic esters (lactones) is 1. The van der Waals surface area contributed by atoms with E-state index in [0.717, 1.165) is 18.0 Å². The molecule has 0 saturated carbocycles. The predicted molar refractivity (Wildman–Crippen MR) is 84.1 cm³/mol. The Hall–Kier alpha value is -2.06. The first kappa shape index (κ1) is 15.8. The first-order valence-corrected chi connectivity index (χ1v) is 9.37. The average Bonchev–Trinajstić information content (AvgIpc) is 3.03. The van der Waals surface area contributed by atoms with Crippen molar-refractivity contribution < 1.29 is 22.3 Å². The van der Waals surface area contributed by atoms with Gasteiger partial charge in [-0.2, -0.15) is 0 Å². The second kappa shape index (κ2) is 5.54. The number of hydrogen-bond donors (Lipinski definition) is 0. The molecule has 3 rings (SSSR count). The smallest absolute Gasteiger partial charge is 0.341 e. The number of thiazole rings is 1. The molecule has 1 aliphatic heterocycles. The maximum atomic E-state index is 14.1. The molecule has 0 amide bonds. The van der Waals surface area contributed by atoms with Crippen LogP contribution in [-0.4, -0.2) is 32.2 Å². The molecule has 0 saturated heterocycles. The Labute approximate surface area is 136 Å². The van der Waals surface area contributed by atoms with Gasteiger partial charge in [-0.1, -0.05) is 6.07 Å². The molecule has 0 fully saturated rings. The van der Waals surface area contributed by atoms with E-state index in [4.69, 9.17) is 4.74 Å². The minimum absolute atomic E-state index is 0.00442. The lowest BCUT2D eigenvalue weighted by Gasteiger charge is -2.06. The van der Waals surface area contributed by atoms with E-state index in [1.54, 1.807) is 12.3 Å². The van der Waals surface area contributed by atoms with E-state index in [1.165, 1.54) is 23.5 Å². The number of carbonyl (C=O) groups excluding carboxylic acids is 1. The molecular formula is C15H12FNO4S2. The zero-order chi connectivity index (χ0) is 16.8. The van der Waals surface area contributed by atoms with Gasteiger partial charge in [-0.3, -0.25) is 0 Å². The number of halogens is 1. The van der Waals surface area contributed by atoms with Crippen LogP contribution in [0.25, 0.3) is 11.1 Å². The molecule has 8 heteroatoms. The molecule has 2 heterocycles. The Morgan fingerprint density at radius 1 is 1.35 bits per heavy atom. The monoisotopic (exact) mass is 353 g/mol. The predicted octanol–water partition coefficient (Wildman–Crippen LogP) is 2.46. The number of hydrogen-bond acceptors (Lipinski definition) is 6. The van der Waals surface area contributed by atoms with Crippen LogP contribution >= 0.6 is 11.3 Å². The molecule has 0 aliphatic carbocycles. The van der Waals surface area contributed by atoms with Gasteiger partial charge in [0, 0.05) is 22.9 Å². The van der Waals surface area contributed by atoms with Crippen LogP contribution in [0.15, 0.2) is 28.5 Å². The summed E-state index contributed by atoms with van der Waals surface area (Å²) in [6.45, 7) is 1.81. The van der Waals surface area contributed by atoms with Crippen molar-refractivity contribution in [2.45, 2.75) is 11.8 Å². The molecule has 23 heavy (non-hydrogen) atoms. The van der Waals surface area contributed by atoms with Crippen LogP contribution in [0.4, 0.5) is 4.39 Å². The van der Waals surface area contributed by atoms with Crippen molar-refractivity contribution in [3.63, 3.8) is 0 Å². The number of carbonyl (C=O) groups is 1. The van der Waals surface area contributed by atoms with Crippen molar-refractivity contribution in [1.29, 1.82) is 0 Å². The maximum Gasteiger partial charge on any atom is 0.341 e. The zero-order valence-corrected chi connectivity index (χ0v) is 13.9. The van der Waals surface area contributed by atoms with Crippen molar-refractivity contribution >= 4 is 38.3 Å². The van der Waals surface area contributed by atoms with E-state index in [2.05, 4.69) is 4.98 Å². The Bertz CT molecular complexity index is 944. The molecule has 1 aromatic carbocycles. The molecule has 0 unspecified atom stereocenters. The molecule has 0 atom stereocenters. The fourth-order valence-electron chi connectivity index (χ4n) is 2.31. The van der Waals surface area contributed by atoms with Gasteiger partial charge in [-0.05, 0) is 24.6 Å². The van der Waals surface area contributed by atoms with Gasteiger partial charge < -0.3 is 4.74 Å². The first-order valence-electron chi connectivity index (χ1n) is 6.60. The number of nitrogens with zero attached hydrogens (tertiary/aromatic N) is 1. The van der Waals surface area contributed by atoms with E-state index in [9.17, 15) is 17.6 Å². The standard InChI is InChI=1S/C15H12FNO4S2/c1-8-7-22-14(17-8)13-10(6-21-15(13)18)9-3-4-12(11(16)5-9)23(2,19)20/h3-5,7H,6H2,1-2H3. The van der Waals surface area contributed by atoms with Crippen molar-refractivity contribution in [3.05, 3.63) is 45.7 Å². The molecule has 0 N–H and O–H groups in total. The lowest BCUT2D eigenvalue weighted by molar-refractivity contribution is -0.133. The van der Waals surface area contributed by atoms with E-state index >= 15 is 0 Å². The first-order chi connectivity index (χ1) is 10.8. The maximum absolute atomic E-state index is 14.1. The zero-order valence-electron chi connectivity index (χ0n) is 12.3. The van der Waals surface area contributed by atoms with Crippen LogP contribution in [0, 0.1) is 12.7 Å². The van der Waals surface area contributed by atoms with Gasteiger partial charge in [0.25, 0.3) is 0 Å². The highest BCUT2D eigenvalue weighted by Gasteiger charge is 2.30. The van der Waals surface area contributed by atoms with Crippen LogP contribution in [0.3, 0.4) is 0 Å². The number of aryl methyl sites for hydroxylation is 1. The quantitative estimate of drug-likeness (QED) is 0.793. The van der Waals surface area contributed by atoms with Crippen LogP contribution in [0.1, 0.15) is 16.3 Å². The van der Waals surface area contributed by atoms with Crippen LogP contribution in [0.2, 0.25) is 0 Å². The molecule has 120 valence electrons. The number of benzene rings is 1. The minimum Gasteiger partial charge on any atom is -0.457 e. The summed E-state index contributed by atoms with van der Waals surface area (Å²) in [5.41, 5.74) is 1.98. The Morgan fingerprint density at radius 2 is 2.09 bits per heavy atom. The third-order valence-electron chi connectivity index (χ3n) is 3.37. The highest BCUT2D eigenvalue weighted by atomic mass is 32.2. The topological polar surface area (TPSA) is 73.3 Å². The molecule has 1 aromatic heterocycles. The van der Waals surface area contributed by atoms with Crippen molar-refractivity contribution in [3.8, 4) is 0 Å². The highest BCUT2D eigenvalue weighted by Crippen LogP contribution is 2.35. The average molecular weight is 353 g/mol. The summed E-state index contributed by atoms with van der Waals surface area (Å²) in [6, 6.07) is 3.77. The van der Waals surface area contributed by atoms with E-state index in [1.807, 2.05) is 0 Å². The van der Waals surface area contributed by atoms with Gasteiger partial charge in [0.05, 0.1) is 0 Å². The van der Waals surface area contributed by atoms with Gasteiger partial charge in [-0.15, -0.1) is 11.3 Å². The summed E-state index contributed by atoms with van der Waals surface area (Å²) in [7, 11) is -3.65. The van der Waals surface area contributed by atoms with Crippen molar-refractivity contribution in [1.82, 2.24) is 4.98 Å². The van der Waals surface area contributed by atoms with Crippen LogP contribution < -0.4 is 0 Å². The third-order valence-corrected chi connectivity index (χ3v) is 5.47. The second-order valence-electron chi connectivity index (χ2n) is 5.14. The normalized spacial score (nSPS) is 15.2. The number of rotatable bonds is 3. The summed E-state index contributed by atoms with van der Waals surface area (Å²) < 4.78 is 42.1. The van der Waals surface area contributed by atoms with Gasteiger partial charge in [0.15, 0.2) is 9.84 Å². The van der Waals surface area contributed by atoms with Crippen molar-refractivity contribution in [2.24, 2.45) is 0 Å². The number of ether oxygens (including phenoxy) is 1. The van der Waals surface area contributed by atoms with Crippen LogP contribution in [-0.2, 0) is 19.4 Å². The van der Waals surface area contributed by atoms with E-state index in [0.29, 0.717) is 21.7 Å². The fraction of sp³-hybridized carbons (Fsp3) is 0.200. The molecular weight excluding hydrogens is 341 g/mol. The van der Waals surface area contributed by atoms with Gasteiger partial charge in [0.2, 0.25) is 0 Å². The van der Waals surface area contributed by atoms with Crippen LogP contribution in [0.5, 0.6) is 0 Å². The summed E-state index contributed by atoms with van der Waals surface area (Å²) in [5, 5.41) is 2.31. The number of aromatic nitrogens is 1. The fourth-order valence-corrected chi connectivity index (χ4v) is 3.89. The molecule has 2 aromatic rings. The van der Waals surface area contributed by atoms with Gasteiger partial charge in [0.1, 0.15) is 27.9 Å². The Balaban J connectivity index is 2.14. The summed E-state index contributed by atoms with van der Waals surface area (Å²) >= 11 is 1.30. The molecule has 0 bridgehead atoms. The van der Waals surface area contributed by atoms with E-state index < -0.39 is 21.6 Å². The minimum atomic E-state index is -3.65. The lowest BCUT2D eigenvalue weighted by Crippen LogP contribution is -2.02. The highest BCUT2D eigenvalue weighted by molar-refractivity contribution is 7.90.